The lowest BCUT2D eigenvalue weighted by Crippen LogP contribution is -2.44. The molecule has 0 heterocycles. The molecule has 0 saturated carbocycles. The number of halogens is 2. The summed E-state index contributed by atoms with van der Waals surface area (Å²) in [5, 5.41) is -0.730. The number of rotatable bonds is 4. The van der Waals surface area contributed by atoms with Crippen LogP contribution in [-0.2, 0) is 9.84 Å². The molecule has 7 heteroatoms. The van der Waals surface area contributed by atoms with Crippen molar-refractivity contribution in [1.82, 2.24) is 4.90 Å². The molecule has 0 aliphatic rings. The molecule has 0 radical (unpaired) electrons. The maximum absolute atomic E-state index is 13.7. The monoisotopic (exact) mass is 365 g/mol. The van der Waals surface area contributed by atoms with Crippen molar-refractivity contribution >= 4 is 31.7 Å². The first kappa shape index (κ1) is 17.1. The lowest BCUT2D eigenvalue weighted by Gasteiger charge is -2.29. The third kappa shape index (κ3) is 3.79. The molecule has 0 unspecified atom stereocenters. The molecule has 1 amide bonds. The van der Waals surface area contributed by atoms with Gasteiger partial charge in [0.2, 0.25) is 0 Å². The molecule has 20 heavy (non-hydrogen) atoms. The van der Waals surface area contributed by atoms with Gasteiger partial charge in [0.25, 0.3) is 5.91 Å². The van der Waals surface area contributed by atoms with Crippen LogP contribution in [0.5, 0.6) is 0 Å². The Kier molecular flexibility index (Phi) is 5.32. The van der Waals surface area contributed by atoms with Crippen molar-refractivity contribution in [2.24, 2.45) is 0 Å². The van der Waals surface area contributed by atoms with Crippen molar-refractivity contribution < 1.29 is 17.6 Å². The molecule has 4 nitrogen and oxygen atoms in total. The second-order valence-electron chi connectivity index (χ2n) is 4.82. The Labute approximate surface area is 127 Å². The molecule has 0 saturated heterocycles. The molecule has 0 aromatic heterocycles. The number of carbonyl (C=O) groups is 1. The van der Waals surface area contributed by atoms with E-state index in [1.165, 1.54) is 37.1 Å². The number of amides is 1. The highest BCUT2D eigenvalue weighted by molar-refractivity contribution is 9.10. The van der Waals surface area contributed by atoms with E-state index in [4.69, 9.17) is 0 Å². The zero-order valence-electron chi connectivity index (χ0n) is 11.7. The van der Waals surface area contributed by atoms with E-state index in [1.54, 1.807) is 6.92 Å². The Hall–Kier alpha value is -0.950. The summed E-state index contributed by atoms with van der Waals surface area (Å²) in [7, 11) is -1.81. The maximum Gasteiger partial charge on any atom is 0.256 e. The third-order valence-electron chi connectivity index (χ3n) is 3.44. The second kappa shape index (κ2) is 6.22. The minimum Gasteiger partial charge on any atom is -0.338 e. The highest BCUT2D eigenvalue weighted by Gasteiger charge is 2.29. The lowest BCUT2D eigenvalue weighted by molar-refractivity contribution is 0.0738. The summed E-state index contributed by atoms with van der Waals surface area (Å²) >= 11 is 3.18. The molecule has 112 valence electrons. The molecule has 0 bridgehead atoms. The fraction of sp³-hybridized carbons (Fsp3) is 0.462. The fourth-order valence-corrected chi connectivity index (χ4v) is 2.97. The van der Waals surface area contributed by atoms with Gasteiger partial charge in [0.1, 0.15) is 5.82 Å². The van der Waals surface area contributed by atoms with Gasteiger partial charge >= 0.3 is 0 Å². The van der Waals surface area contributed by atoms with Gasteiger partial charge in [-0.25, -0.2) is 12.8 Å². The average Bonchev–Trinajstić information content (AvgIpc) is 2.37. The zero-order valence-corrected chi connectivity index (χ0v) is 14.1. The van der Waals surface area contributed by atoms with Gasteiger partial charge in [-0.1, -0.05) is 15.9 Å². The average molecular weight is 366 g/mol. The summed E-state index contributed by atoms with van der Waals surface area (Å²) in [5.74, 6) is -1.18. The Morgan fingerprint density at radius 2 is 1.90 bits per heavy atom. The summed E-state index contributed by atoms with van der Waals surface area (Å²) in [4.78, 5) is 13.5. The van der Waals surface area contributed by atoms with Crippen LogP contribution in [0.3, 0.4) is 0 Å². The highest BCUT2D eigenvalue weighted by Crippen LogP contribution is 2.19. The quantitative estimate of drug-likeness (QED) is 0.823. The molecular formula is C13H17BrFNO3S. The molecule has 0 spiro atoms. The number of hydrogen-bond acceptors (Lipinski definition) is 3. The van der Waals surface area contributed by atoms with Crippen molar-refractivity contribution in [3.8, 4) is 0 Å². The van der Waals surface area contributed by atoms with Gasteiger partial charge in [0.15, 0.2) is 9.84 Å². The summed E-state index contributed by atoms with van der Waals surface area (Å²) in [6.45, 7) is 3.15. The fourth-order valence-electron chi connectivity index (χ4n) is 1.71. The van der Waals surface area contributed by atoms with E-state index in [9.17, 15) is 17.6 Å². The maximum atomic E-state index is 13.7. The lowest BCUT2D eigenvalue weighted by atomic mass is 10.1. The van der Waals surface area contributed by atoms with E-state index in [-0.39, 0.29) is 5.56 Å². The predicted molar refractivity (Wildman–Crippen MR) is 80.0 cm³/mol. The number of sulfone groups is 1. The molecule has 1 aromatic rings. The Morgan fingerprint density at radius 3 is 2.40 bits per heavy atom. The molecule has 0 aliphatic carbocycles. The van der Waals surface area contributed by atoms with Crippen molar-refractivity contribution in [3.63, 3.8) is 0 Å². The van der Waals surface area contributed by atoms with Gasteiger partial charge in [0.05, 0.1) is 10.8 Å². The van der Waals surface area contributed by atoms with Crippen LogP contribution < -0.4 is 0 Å². The van der Waals surface area contributed by atoms with Crippen LogP contribution in [0.4, 0.5) is 4.39 Å². The Balaban J connectivity index is 3.06. The van der Waals surface area contributed by atoms with E-state index in [0.717, 1.165) is 6.26 Å². The number of nitrogens with zero attached hydrogens (tertiary/aromatic N) is 1. The molecule has 2 atom stereocenters. The van der Waals surface area contributed by atoms with E-state index in [1.807, 2.05) is 0 Å². The third-order valence-corrected chi connectivity index (χ3v) is 5.68. The Bertz CT molecular complexity index is 618. The van der Waals surface area contributed by atoms with Crippen LogP contribution in [-0.4, -0.2) is 43.8 Å². The second-order valence-corrected chi connectivity index (χ2v) is 8.13. The summed E-state index contributed by atoms with van der Waals surface area (Å²) in [5.41, 5.74) is -0.0885. The molecule has 0 N–H and O–H groups in total. The molecule has 1 aromatic carbocycles. The number of hydrogen-bond donors (Lipinski definition) is 0. The molecule has 0 aliphatic heterocycles. The highest BCUT2D eigenvalue weighted by atomic mass is 79.9. The SMILES string of the molecule is C[C@H]([C@H](C)N(C)C(=O)c1cc(Br)ccc1F)S(C)(=O)=O. The summed E-state index contributed by atoms with van der Waals surface area (Å²) in [6, 6.07) is 3.51. The van der Waals surface area contributed by atoms with Crippen molar-refractivity contribution in [2.75, 3.05) is 13.3 Å². The van der Waals surface area contributed by atoms with Crippen LogP contribution in [0.15, 0.2) is 22.7 Å². The standard InChI is InChI=1S/C13H17BrFNO3S/c1-8(9(2)20(4,18)19)16(3)13(17)11-7-10(14)5-6-12(11)15/h5-9H,1-4H3/t8-,9+/m0/s1. The molecular weight excluding hydrogens is 349 g/mol. The number of benzene rings is 1. The largest absolute Gasteiger partial charge is 0.338 e. The normalized spacial score (nSPS) is 14.7. The van der Waals surface area contributed by atoms with Gasteiger partial charge in [-0.2, -0.15) is 0 Å². The van der Waals surface area contributed by atoms with Gasteiger partial charge in [-0.3, -0.25) is 4.79 Å². The first-order chi connectivity index (χ1) is 9.05. The minimum absolute atomic E-state index is 0.0885. The molecule has 1 rings (SSSR count). The van der Waals surface area contributed by atoms with Crippen LogP contribution >= 0.6 is 15.9 Å². The summed E-state index contributed by atoms with van der Waals surface area (Å²) in [6.07, 6.45) is 1.12. The molecule has 0 fully saturated rings. The summed E-state index contributed by atoms with van der Waals surface area (Å²) < 4.78 is 37.4. The number of carbonyl (C=O) groups excluding carboxylic acids is 1. The van der Waals surface area contributed by atoms with Crippen LogP contribution in [0, 0.1) is 5.82 Å². The van der Waals surface area contributed by atoms with Crippen molar-refractivity contribution in [1.29, 1.82) is 0 Å². The van der Waals surface area contributed by atoms with Crippen molar-refractivity contribution in [2.45, 2.75) is 25.1 Å². The van der Waals surface area contributed by atoms with Gasteiger partial charge in [0, 0.05) is 23.8 Å². The Morgan fingerprint density at radius 1 is 1.35 bits per heavy atom. The smallest absolute Gasteiger partial charge is 0.256 e. The minimum atomic E-state index is -3.28. The first-order valence-electron chi connectivity index (χ1n) is 5.96. The predicted octanol–water partition coefficient (Wildman–Crippen LogP) is 2.48. The first-order valence-corrected chi connectivity index (χ1v) is 8.71. The van der Waals surface area contributed by atoms with Crippen molar-refractivity contribution in [3.05, 3.63) is 34.1 Å². The van der Waals surface area contributed by atoms with Gasteiger partial charge in [-0.15, -0.1) is 0 Å². The van der Waals surface area contributed by atoms with Gasteiger partial charge < -0.3 is 4.90 Å². The van der Waals surface area contributed by atoms with E-state index < -0.39 is 32.9 Å². The van der Waals surface area contributed by atoms with E-state index in [2.05, 4.69) is 15.9 Å². The van der Waals surface area contributed by atoms with E-state index >= 15 is 0 Å². The topological polar surface area (TPSA) is 54.5 Å². The zero-order chi connectivity index (χ0) is 15.7. The van der Waals surface area contributed by atoms with Crippen LogP contribution in [0.25, 0.3) is 0 Å². The van der Waals surface area contributed by atoms with Gasteiger partial charge in [-0.05, 0) is 32.0 Å². The van der Waals surface area contributed by atoms with E-state index in [0.29, 0.717) is 4.47 Å². The van der Waals surface area contributed by atoms with Crippen LogP contribution in [0.1, 0.15) is 24.2 Å². The van der Waals surface area contributed by atoms with Crippen LogP contribution in [0.2, 0.25) is 0 Å².